The van der Waals surface area contributed by atoms with Crippen LogP contribution < -0.4 is 5.32 Å². The summed E-state index contributed by atoms with van der Waals surface area (Å²) < 4.78 is 0. The fourth-order valence-corrected chi connectivity index (χ4v) is 1.58. The first-order chi connectivity index (χ1) is 7.15. The van der Waals surface area contributed by atoms with E-state index < -0.39 is 0 Å². The van der Waals surface area contributed by atoms with Gasteiger partial charge < -0.3 is 5.32 Å². The quantitative estimate of drug-likeness (QED) is 0.815. The van der Waals surface area contributed by atoms with Crippen molar-refractivity contribution < 1.29 is 0 Å². The lowest BCUT2D eigenvalue weighted by molar-refractivity contribution is 0.526. The van der Waals surface area contributed by atoms with Crippen LogP contribution in [-0.2, 0) is 0 Å². The highest BCUT2D eigenvalue weighted by atomic mass is 14.9. The Hall–Kier alpha value is -1.33. The molecule has 1 unspecified atom stereocenters. The highest BCUT2D eigenvalue weighted by Gasteiger charge is 2.08. The molecule has 0 saturated carbocycles. The molecular formula is C13H18N2. The maximum Gasteiger partial charge on any atom is 0.0666 e. The number of hydrogen-bond acceptors (Lipinski definition) is 2. The number of nitrogens with one attached hydrogen (secondary N) is 1. The SMILES string of the molecule is Cc1ccccc1[C@@H](C)NCC(C)C#N. The summed E-state index contributed by atoms with van der Waals surface area (Å²) in [4.78, 5) is 0. The van der Waals surface area contributed by atoms with E-state index in [1.807, 2.05) is 19.1 Å². The number of aryl methyl sites for hydroxylation is 1. The van der Waals surface area contributed by atoms with Crippen LogP contribution in [0.15, 0.2) is 24.3 Å². The van der Waals surface area contributed by atoms with Crippen molar-refractivity contribution in [1.82, 2.24) is 5.32 Å². The van der Waals surface area contributed by atoms with Crippen molar-refractivity contribution in [2.24, 2.45) is 5.92 Å². The highest BCUT2D eigenvalue weighted by Crippen LogP contribution is 2.16. The predicted octanol–water partition coefficient (Wildman–Crippen LogP) is 2.81. The molecule has 1 N–H and O–H groups in total. The van der Waals surface area contributed by atoms with E-state index in [0.29, 0.717) is 6.04 Å². The average molecular weight is 202 g/mol. The van der Waals surface area contributed by atoms with Crippen molar-refractivity contribution in [3.8, 4) is 6.07 Å². The third-order valence-corrected chi connectivity index (χ3v) is 2.61. The number of nitrogens with zero attached hydrogens (tertiary/aromatic N) is 1. The summed E-state index contributed by atoms with van der Waals surface area (Å²) in [5.41, 5.74) is 2.60. The topological polar surface area (TPSA) is 35.8 Å². The van der Waals surface area contributed by atoms with Crippen LogP contribution in [0, 0.1) is 24.2 Å². The first-order valence-corrected chi connectivity index (χ1v) is 5.33. The summed E-state index contributed by atoms with van der Waals surface area (Å²) in [5.74, 6) is 0.0662. The minimum Gasteiger partial charge on any atom is -0.309 e. The Morgan fingerprint density at radius 1 is 1.33 bits per heavy atom. The lowest BCUT2D eigenvalue weighted by Gasteiger charge is -2.17. The third-order valence-electron chi connectivity index (χ3n) is 2.61. The van der Waals surface area contributed by atoms with E-state index in [9.17, 15) is 0 Å². The van der Waals surface area contributed by atoms with Crippen LogP contribution in [0.5, 0.6) is 0 Å². The van der Waals surface area contributed by atoms with Gasteiger partial charge in [-0.3, -0.25) is 0 Å². The molecule has 0 aliphatic rings. The minimum absolute atomic E-state index is 0.0662. The van der Waals surface area contributed by atoms with E-state index in [1.165, 1.54) is 11.1 Å². The molecular weight excluding hydrogens is 184 g/mol. The number of rotatable bonds is 4. The normalized spacial score (nSPS) is 14.3. The molecule has 0 amide bonds. The Labute approximate surface area is 91.9 Å². The van der Waals surface area contributed by atoms with E-state index in [-0.39, 0.29) is 5.92 Å². The molecule has 0 aliphatic heterocycles. The molecule has 0 aromatic heterocycles. The predicted molar refractivity (Wildman–Crippen MR) is 62.4 cm³/mol. The summed E-state index contributed by atoms with van der Waals surface area (Å²) in [6.07, 6.45) is 0. The zero-order valence-corrected chi connectivity index (χ0v) is 9.62. The molecule has 80 valence electrons. The molecule has 1 aromatic rings. The maximum atomic E-state index is 8.68. The Balaban J connectivity index is 2.58. The first-order valence-electron chi connectivity index (χ1n) is 5.33. The van der Waals surface area contributed by atoms with Gasteiger partial charge in [-0.2, -0.15) is 5.26 Å². The molecule has 15 heavy (non-hydrogen) atoms. The molecule has 2 atom stereocenters. The fourth-order valence-electron chi connectivity index (χ4n) is 1.58. The molecule has 1 rings (SSSR count). The van der Waals surface area contributed by atoms with Gasteiger partial charge in [-0.25, -0.2) is 0 Å². The van der Waals surface area contributed by atoms with Crippen molar-refractivity contribution in [2.45, 2.75) is 26.8 Å². The van der Waals surface area contributed by atoms with E-state index in [1.54, 1.807) is 0 Å². The summed E-state index contributed by atoms with van der Waals surface area (Å²) in [5, 5.41) is 12.1. The molecule has 1 aromatic carbocycles. The molecule has 2 nitrogen and oxygen atoms in total. The van der Waals surface area contributed by atoms with Gasteiger partial charge in [-0.1, -0.05) is 24.3 Å². The molecule has 0 heterocycles. The van der Waals surface area contributed by atoms with Gasteiger partial charge >= 0.3 is 0 Å². The van der Waals surface area contributed by atoms with Gasteiger partial charge in [-0.15, -0.1) is 0 Å². The van der Waals surface area contributed by atoms with E-state index in [2.05, 4.69) is 37.4 Å². The third kappa shape index (κ3) is 3.38. The standard InChI is InChI=1S/C13H18N2/c1-10(8-14)9-15-12(3)13-7-5-4-6-11(13)2/h4-7,10,12,15H,9H2,1-3H3/t10?,12-/m1/s1. The van der Waals surface area contributed by atoms with Crippen LogP contribution in [0.2, 0.25) is 0 Å². The Bertz CT molecular complexity index is 352. The van der Waals surface area contributed by atoms with Gasteiger partial charge in [0, 0.05) is 12.6 Å². The summed E-state index contributed by atoms with van der Waals surface area (Å²) in [6, 6.07) is 10.9. The molecule has 0 aliphatic carbocycles. The van der Waals surface area contributed by atoms with Crippen molar-refractivity contribution >= 4 is 0 Å². The molecule has 0 saturated heterocycles. The second-order valence-corrected chi connectivity index (χ2v) is 4.02. The first kappa shape index (κ1) is 11.7. The van der Waals surface area contributed by atoms with Gasteiger partial charge in [0.05, 0.1) is 12.0 Å². The smallest absolute Gasteiger partial charge is 0.0666 e. The van der Waals surface area contributed by atoms with Crippen LogP contribution in [0.1, 0.15) is 31.0 Å². The van der Waals surface area contributed by atoms with Crippen molar-refractivity contribution in [3.63, 3.8) is 0 Å². The lowest BCUT2D eigenvalue weighted by atomic mass is 10.0. The van der Waals surface area contributed by atoms with Crippen LogP contribution in [0.3, 0.4) is 0 Å². The van der Waals surface area contributed by atoms with Crippen LogP contribution >= 0.6 is 0 Å². The lowest BCUT2D eigenvalue weighted by Crippen LogP contribution is -2.24. The average Bonchev–Trinajstić information content (AvgIpc) is 2.26. The largest absolute Gasteiger partial charge is 0.309 e. The van der Waals surface area contributed by atoms with Gasteiger partial charge in [-0.05, 0) is 31.9 Å². The zero-order chi connectivity index (χ0) is 11.3. The van der Waals surface area contributed by atoms with E-state index >= 15 is 0 Å². The van der Waals surface area contributed by atoms with E-state index in [0.717, 1.165) is 6.54 Å². The van der Waals surface area contributed by atoms with Crippen molar-refractivity contribution in [1.29, 1.82) is 5.26 Å². The van der Waals surface area contributed by atoms with Crippen LogP contribution in [-0.4, -0.2) is 6.54 Å². The van der Waals surface area contributed by atoms with Gasteiger partial charge in [0.25, 0.3) is 0 Å². The second-order valence-electron chi connectivity index (χ2n) is 4.02. The maximum absolute atomic E-state index is 8.68. The number of nitriles is 1. The number of hydrogen-bond donors (Lipinski definition) is 1. The van der Waals surface area contributed by atoms with Crippen molar-refractivity contribution in [3.05, 3.63) is 35.4 Å². The van der Waals surface area contributed by atoms with Gasteiger partial charge in [0.1, 0.15) is 0 Å². The second kappa shape index (κ2) is 5.53. The Morgan fingerprint density at radius 3 is 2.60 bits per heavy atom. The number of benzene rings is 1. The molecule has 2 heteroatoms. The highest BCUT2D eigenvalue weighted by molar-refractivity contribution is 5.28. The molecule has 0 bridgehead atoms. The molecule has 0 fully saturated rings. The Morgan fingerprint density at radius 2 is 2.00 bits per heavy atom. The minimum atomic E-state index is 0.0662. The Kier molecular flexibility index (Phi) is 4.33. The van der Waals surface area contributed by atoms with Gasteiger partial charge in [0.2, 0.25) is 0 Å². The summed E-state index contributed by atoms with van der Waals surface area (Å²) in [7, 11) is 0. The van der Waals surface area contributed by atoms with Crippen LogP contribution in [0.4, 0.5) is 0 Å². The molecule has 0 spiro atoms. The summed E-state index contributed by atoms with van der Waals surface area (Å²) >= 11 is 0. The monoisotopic (exact) mass is 202 g/mol. The molecule has 0 radical (unpaired) electrons. The zero-order valence-electron chi connectivity index (χ0n) is 9.62. The summed E-state index contributed by atoms with van der Waals surface area (Å²) in [6.45, 7) is 6.91. The fraction of sp³-hybridized carbons (Fsp3) is 0.462. The van der Waals surface area contributed by atoms with Crippen molar-refractivity contribution in [2.75, 3.05) is 6.54 Å². The van der Waals surface area contributed by atoms with Gasteiger partial charge in [0.15, 0.2) is 0 Å². The van der Waals surface area contributed by atoms with E-state index in [4.69, 9.17) is 5.26 Å². The van der Waals surface area contributed by atoms with Crippen LogP contribution in [0.25, 0.3) is 0 Å².